The molecule has 5 rings (SSSR count). The predicted molar refractivity (Wildman–Crippen MR) is 120 cm³/mol. The SMILES string of the molecule is CCSc1nc2c(c(=O)n1-c1ccccc1C)C1(CCCC1)Cc1ccccc1-2. The van der Waals surface area contributed by atoms with Gasteiger partial charge >= 0.3 is 0 Å². The summed E-state index contributed by atoms with van der Waals surface area (Å²) in [5, 5.41) is 0.801. The van der Waals surface area contributed by atoms with E-state index in [2.05, 4.69) is 44.2 Å². The van der Waals surface area contributed by atoms with Crippen LogP contribution in [-0.2, 0) is 11.8 Å². The highest BCUT2D eigenvalue weighted by molar-refractivity contribution is 7.99. The van der Waals surface area contributed by atoms with Crippen molar-refractivity contribution in [2.75, 3.05) is 5.75 Å². The Labute approximate surface area is 176 Å². The Balaban J connectivity index is 1.88. The van der Waals surface area contributed by atoms with Crippen LogP contribution in [0.25, 0.3) is 16.9 Å². The van der Waals surface area contributed by atoms with E-state index >= 15 is 0 Å². The molecular weight excluding hydrogens is 376 g/mol. The zero-order valence-electron chi connectivity index (χ0n) is 17.1. The average molecular weight is 403 g/mol. The topological polar surface area (TPSA) is 34.9 Å². The summed E-state index contributed by atoms with van der Waals surface area (Å²) in [4.78, 5) is 19.3. The normalized spacial score (nSPS) is 16.6. The molecule has 0 N–H and O–H groups in total. The molecule has 1 heterocycles. The maximum Gasteiger partial charge on any atom is 0.263 e. The lowest BCUT2D eigenvalue weighted by Gasteiger charge is -2.36. The number of thioether (sulfide) groups is 1. The third kappa shape index (κ3) is 2.88. The van der Waals surface area contributed by atoms with Gasteiger partial charge in [-0.25, -0.2) is 4.98 Å². The molecule has 0 aliphatic heterocycles. The quantitative estimate of drug-likeness (QED) is 0.417. The number of fused-ring (bicyclic) bond motifs is 4. The van der Waals surface area contributed by atoms with Gasteiger partial charge in [0, 0.05) is 11.0 Å². The van der Waals surface area contributed by atoms with E-state index in [0.29, 0.717) is 0 Å². The maximum atomic E-state index is 14.1. The number of aromatic nitrogens is 2. The van der Waals surface area contributed by atoms with Crippen LogP contribution in [0.2, 0.25) is 0 Å². The van der Waals surface area contributed by atoms with Gasteiger partial charge in [0.2, 0.25) is 0 Å². The van der Waals surface area contributed by atoms with E-state index < -0.39 is 0 Å². The Morgan fingerprint density at radius 1 is 1.07 bits per heavy atom. The summed E-state index contributed by atoms with van der Waals surface area (Å²) in [6, 6.07) is 16.7. The van der Waals surface area contributed by atoms with E-state index in [0.717, 1.165) is 58.2 Å². The molecule has 29 heavy (non-hydrogen) atoms. The molecule has 2 aliphatic carbocycles. The highest BCUT2D eigenvalue weighted by atomic mass is 32.2. The maximum absolute atomic E-state index is 14.1. The number of hydrogen-bond acceptors (Lipinski definition) is 3. The summed E-state index contributed by atoms with van der Waals surface area (Å²) in [5.74, 6) is 0.879. The van der Waals surface area contributed by atoms with Crippen molar-refractivity contribution in [2.45, 2.75) is 56.5 Å². The molecule has 1 spiro atoms. The van der Waals surface area contributed by atoms with E-state index in [9.17, 15) is 4.79 Å². The van der Waals surface area contributed by atoms with E-state index in [4.69, 9.17) is 4.98 Å². The second-order valence-corrected chi connectivity index (χ2v) is 9.53. The molecule has 1 aromatic heterocycles. The molecule has 2 aliphatic rings. The zero-order chi connectivity index (χ0) is 20.0. The van der Waals surface area contributed by atoms with E-state index in [1.807, 2.05) is 22.8 Å². The van der Waals surface area contributed by atoms with Gasteiger partial charge in [-0.15, -0.1) is 0 Å². The number of aryl methyl sites for hydroxylation is 1. The van der Waals surface area contributed by atoms with Gasteiger partial charge in [-0.2, -0.15) is 0 Å². The molecule has 0 unspecified atom stereocenters. The molecule has 4 heteroatoms. The van der Waals surface area contributed by atoms with Gasteiger partial charge in [-0.3, -0.25) is 9.36 Å². The first kappa shape index (κ1) is 18.7. The van der Waals surface area contributed by atoms with Gasteiger partial charge in [0.25, 0.3) is 5.56 Å². The number of hydrogen-bond donors (Lipinski definition) is 0. The molecule has 3 nitrogen and oxygen atoms in total. The van der Waals surface area contributed by atoms with Crippen LogP contribution in [0.3, 0.4) is 0 Å². The van der Waals surface area contributed by atoms with Crippen molar-refractivity contribution in [2.24, 2.45) is 0 Å². The lowest BCUT2D eigenvalue weighted by Crippen LogP contribution is -2.40. The van der Waals surface area contributed by atoms with Gasteiger partial charge in [0.1, 0.15) is 0 Å². The van der Waals surface area contributed by atoms with Crippen LogP contribution in [0.4, 0.5) is 0 Å². The van der Waals surface area contributed by atoms with Crippen LogP contribution in [0.15, 0.2) is 58.5 Å². The van der Waals surface area contributed by atoms with Gasteiger partial charge in [-0.1, -0.05) is 74.0 Å². The monoisotopic (exact) mass is 402 g/mol. The molecule has 0 bridgehead atoms. The van der Waals surface area contributed by atoms with Crippen molar-refractivity contribution >= 4 is 11.8 Å². The fourth-order valence-corrected chi connectivity index (χ4v) is 5.99. The molecular formula is C25H26N2OS. The van der Waals surface area contributed by atoms with Crippen LogP contribution in [0.5, 0.6) is 0 Å². The van der Waals surface area contributed by atoms with Gasteiger partial charge < -0.3 is 0 Å². The van der Waals surface area contributed by atoms with Crippen LogP contribution in [0.1, 0.15) is 49.3 Å². The summed E-state index contributed by atoms with van der Waals surface area (Å²) < 4.78 is 1.89. The molecule has 0 saturated heterocycles. The lowest BCUT2D eigenvalue weighted by atomic mass is 9.68. The lowest BCUT2D eigenvalue weighted by molar-refractivity contribution is 0.422. The smallest absolute Gasteiger partial charge is 0.263 e. The van der Waals surface area contributed by atoms with Crippen molar-refractivity contribution in [3.8, 4) is 16.9 Å². The Kier molecular flexibility index (Phi) is 4.62. The van der Waals surface area contributed by atoms with Crippen LogP contribution < -0.4 is 5.56 Å². The molecule has 3 aromatic rings. The highest BCUT2D eigenvalue weighted by Gasteiger charge is 2.44. The number of rotatable bonds is 3. The molecule has 1 saturated carbocycles. The minimum absolute atomic E-state index is 0.0619. The molecule has 0 radical (unpaired) electrons. The Bertz CT molecular complexity index is 1140. The summed E-state index contributed by atoms with van der Waals surface area (Å²) in [6.45, 7) is 4.19. The molecule has 0 amide bonds. The summed E-state index contributed by atoms with van der Waals surface area (Å²) in [5.41, 5.74) is 6.50. The molecule has 2 aromatic carbocycles. The third-order valence-electron chi connectivity index (χ3n) is 6.57. The van der Waals surface area contributed by atoms with Crippen molar-refractivity contribution < 1.29 is 0 Å². The predicted octanol–water partition coefficient (Wildman–Crippen LogP) is 5.69. The van der Waals surface area contributed by atoms with Crippen molar-refractivity contribution in [3.05, 3.63) is 75.6 Å². The summed E-state index contributed by atoms with van der Waals surface area (Å²) >= 11 is 1.65. The molecule has 148 valence electrons. The highest BCUT2D eigenvalue weighted by Crippen LogP contribution is 2.50. The fourth-order valence-electron chi connectivity index (χ4n) is 5.26. The second kappa shape index (κ2) is 7.17. The summed E-state index contributed by atoms with van der Waals surface area (Å²) in [6.07, 6.45) is 5.51. The van der Waals surface area contributed by atoms with Crippen LogP contribution in [0, 0.1) is 6.92 Å². The van der Waals surface area contributed by atoms with Gasteiger partial charge in [-0.05, 0) is 49.1 Å². The Hall–Kier alpha value is -2.33. The first-order valence-corrected chi connectivity index (χ1v) is 11.6. The average Bonchev–Trinajstić information content (AvgIpc) is 3.18. The molecule has 1 fully saturated rings. The van der Waals surface area contributed by atoms with Crippen molar-refractivity contribution in [3.63, 3.8) is 0 Å². The zero-order valence-corrected chi connectivity index (χ0v) is 17.9. The minimum Gasteiger partial charge on any atom is -0.268 e. The van der Waals surface area contributed by atoms with E-state index in [1.165, 1.54) is 18.4 Å². The van der Waals surface area contributed by atoms with E-state index in [-0.39, 0.29) is 11.0 Å². The summed E-state index contributed by atoms with van der Waals surface area (Å²) in [7, 11) is 0. The molecule has 0 atom stereocenters. The Morgan fingerprint density at radius 2 is 1.79 bits per heavy atom. The fraction of sp³-hybridized carbons (Fsp3) is 0.360. The Morgan fingerprint density at radius 3 is 2.55 bits per heavy atom. The number of para-hydroxylation sites is 1. The van der Waals surface area contributed by atoms with Gasteiger partial charge in [0.05, 0.1) is 16.9 Å². The van der Waals surface area contributed by atoms with Crippen molar-refractivity contribution in [1.82, 2.24) is 9.55 Å². The minimum atomic E-state index is -0.0619. The third-order valence-corrected chi connectivity index (χ3v) is 7.40. The first-order chi connectivity index (χ1) is 14.1. The first-order valence-electron chi connectivity index (χ1n) is 10.6. The standard InChI is InChI=1S/C25H26N2OS/c1-3-29-24-26-22-19-12-6-5-11-18(19)16-25(14-8-9-15-25)21(22)23(28)27(24)20-13-7-4-10-17(20)2/h4-7,10-13H,3,8-9,14-16H2,1-2H3. The largest absolute Gasteiger partial charge is 0.268 e. The van der Waals surface area contributed by atoms with Crippen LogP contribution in [-0.4, -0.2) is 15.3 Å². The van der Waals surface area contributed by atoms with Gasteiger partial charge in [0.15, 0.2) is 5.16 Å². The number of benzene rings is 2. The van der Waals surface area contributed by atoms with Crippen LogP contribution >= 0.6 is 11.8 Å². The van der Waals surface area contributed by atoms with E-state index in [1.54, 1.807) is 11.8 Å². The second-order valence-electron chi connectivity index (χ2n) is 8.30. The number of nitrogens with zero attached hydrogens (tertiary/aromatic N) is 2. The van der Waals surface area contributed by atoms with Crippen molar-refractivity contribution in [1.29, 1.82) is 0 Å².